The smallest absolute Gasteiger partial charge is 0.0789 e. The Labute approximate surface area is 85.7 Å². The van der Waals surface area contributed by atoms with Gasteiger partial charge in [-0.05, 0) is 38.8 Å². The first-order chi connectivity index (χ1) is 6.63. The molecule has 14 heavy (non-hydrogen) atoms. The molecule has 0 aromatic heterocycles. The van der Waals surface area contributed by atoms with Gasteiger partial charge in [-0.3, -0.25) is 0 Å². The van der Waals surface area contributed by atoms with Gasteiger partial charge in [0.1, 0.15) is 0 Å². The van der Waals surface area contributed by atoms with Crippen molar-refractivity contribution in [1.82, 2.24) is 4.90 Å². The minimum absolute atomic E-state index is 0.198. The lowest BCUT2D eigenvalue weighted by Crippen LogP contribution is -2.42. The molecule has 0 amide bonds. The van der Waals surface area contributed by atoms with Crippen molar-refractivity contribution in [1.29, 1.82) is 0 Å². The van der Waals surface area contributed by atoms with Crippen molar-refractivity contribution in [2.75, 3.05) is 26.2 Å². The summed E-state index contributed by atoms with van der Waals surface area (Å²) in [4.78, 5) is 2.22. The van der Waals surface area contributed by atoms with Crippen molar-refractivity contribution in [3.05, 3.63) is 0 Å². The van der Waals surface area contributed by atoms with Crippen LogP contribution in [0, 0.1) is 5.92 Å². The molecular weight excluding hydrogens is 180 g/mol. The molecule has 4 nitrogen and oxygen atoms in total. The lowest BCUT2D eigenvalue weighted by atomic mass is 9.92. The van der Waals surface area contributed by atoms with Crippen molar-refractivity contribution in [3.63, 3.8) is 0 Å². The van der Waals surface area contributed by atoms with Crippen LogP contribution in [0.15, 0.2) is 0 Å². The number of aliphatic hydroxyl groups excluding tert-OH is 2. The normalized spacial score (nSPS) is 24.9. The van der Waals surface area contributed by atoms with Crippen LogP contribution in [0.4, 0.5) is 0 Å². The van der Waals surface area contributed by atoms with Gasteiger partial charge in [-0.2, -0.15) is 0 Å². The van der Waals surface area contributed by atoms with Crippen molar-refractivity contribution in [2.24, 2.45) is 11.7 Å². The molecule has 2 unspecified atom stereocenters. The summed E-state index contributed by atoms with van der Waals surface area (Å²) in [7, 11) is 0. The van der Waals surface area contributed by atoms with Gasteiger partial charge in [-0.25, -0.2) is 0 Å². The molecule has 1 aliphatic heterocycles. The highest BCUT2D eigenvalue weighted by Crippen LogP contribution is 2.20. The van der Waals surface area contributed by atoms with Crippen LogP contribution in [0.3, 0.4) is 0 Å². The molecule has 0 aromatic carbocycles. The van der Waals surface area contributed by atoms with Crippen LogP contribution in [0.2, 0.25) is 0 Å². The summed E-state index contributed by atoms with van der Waals surface area (Å²) < 4.78 is 0. The van der Waals surface area contributed by atoms with E-state index in [2.05, 4.69) is 4.90 Å². The molecule has 0 aromatic rings. The summed E-state index contributed by atoms with van der Waals surface area (Å²) in [6.45, 7) is 4.79. The molecule has 1 heterocycles. The van der Waals surface area contributed by atoms with Crippen molar-refractivity contribution in [3.8, 4) is 0 Å². The molecule has 0 saturated carbocycles. The second-order valence-corrected chi connectivity index (χ2v) is 4.27. The average molecular weight is 202 g/mol. The molecule has 0 aliphatic carbocycles. The third-order valence-corrected chi connectivity index (χ3v) is 3.06. The fraction of sp³-hybridized carbons (Fsp3) is 1.00. The number of β-amino-alcohol motifs (C(OH)–C–C–N with tert-alkyl or cyclic N) is 1. The number of nitrogens with zero attached hydrogens (tertiary/aromatic N) is 1. The summed E-state index contributed by atoms with van der Waals surface area (Å²) in [6.07, 6.45) is 1.44. The van der Waals surface area contributed by atoms with Crippen LogP contribution in [0.5, 0.6) is 0 Å². The fourth-order valence-corrected chi connectivity index (χ4v) is 1.99. The zero-order valence-corrected chi connectivity index (χ0v) is 8.89. The third kappa shape index (κ3) is 3.53. The maximum atomic E-state index is 9.40. The summed E-state index contributed by atoms with van der Waals surface area (Å²) in [5, 5.41) is 18.8. The number of rotatable bonds is 4. The second-order valence-electron chi connectivity index (χ2n) is 4.27. The summed E-state index contributed by atoms with van der Waals surface area (Å²) in [6, 6.07) is 0. The van der Waals surface area contributed by atoms with Crippen molar-refractivity contribution < 1.29 is 10.2 Å². The molecule has 84 valence electrons. The SMILES string of the molecule is CC(O)C1CCN(CC(O)CN)CC1. The van der Waals surface area contributed by atoms with Crippen LogP contribution in [0.1, 0.15) is 19.8 Å². The highest BCUT2D eigenvalue weighted by Gasteiger charge is 2.23. The molecular formula is C10H22N2O2. The first-order valence-electron chi connectivity index (χ1n) is 5.42. The monoisotopic (exact) mass is 202 g/mol. The maximum Gasteiger partial charge on any atom is 0.0789 e. The molecule has 0 spiro atoms. The zero-order chi connectivity index (χ0) is 10.6. The Morgan fingerprint density at radius 3 is 2.36 bits per heavy atom. The number of hydrogen-bond donors (Lipinski definition) is 3. The molecule has 1 saturated heterocycles. The number of aliphatic hydroxyl groups is 2. The largest absolute Gasteiger partial charge is 0.393 e. The minimum Gasteiger partial charge on any atom is -0.393 e. The van der Waals surface area contributed by atoms with Gasteiger partial charge in [0.15, 0.2) is 0 Å². The predicted octanol–water partition coefficient (Wildman–Crippen LogP) is -0.601. The highest BCUT2D eigenvalue weighted by molar-refractivity contribution is 4.76. The van der Waals surface area contributed by atoms with E-state index < -0.39 is 6.10 Å². The first-order valence-corrected chi connectivity index (χ1v) is 5.42. The molecule has 1 aliphatic rings. The molecule has 1 rings (SSSR count). The lowest BCUT2D eigenvalue weighted by molar-refractivity contribution is 0.0508. The Morgan fingerprint density at radius 2 is 1.93 bits per heavy atom. The van der Waals surface area contributed by atoms with E-state index >= 15 is 0 Å². The van der Waals surface area contributed by atoms with Crippen LogP contribution in [0.25, 0.3) is 0 Å². The number of hydrogen-bond acceptors (Lipinski definition) is 4. The van der Waals surface area contributed by atoms with E-state index in [9.17, 15) is 10.2 Å². The van der Waals surface area contributed by atoms with E-state index in [0.29, 0.717) is 19.0 Å². The predicted molar refractivity (Wildman–Crippen MR) is 55.9 cm³/mol. The van der Waals surface area contributed by atoms with E-state index in [0.717, 1.165) is 25.9 Å². The van der Waals surface area contributed by atoms with Crippen LogP contribution in [-0.4, -0.2) is 53.5 Å². The van der Waals surface area contributed by atoms with E-state index in [-0.39, 0.29) is 6.10 Å². The van der Waals surface area contributed by atoms with Gasteiger partial charge in [0.25, 0.3) is 0 Å². The summed E-state index contributed by atoms with van der Waals surface area (Å²) in [5.41, 5.74) is 5.35. The van der Waals surface area contributed by atoms with Crippen LogP contribution in [-0.2, 0) is 0 Å². The molecule has 0 radical (unpaired) electrons. The Hall–Kier alpha value is -0.160. The minimum atomic E-state index is -0.405. The molecule has 0 bridgehead atoms. The van der Waals surface area contributed by atoms with Gasteiger partial charge < -0.3 is 20.8 Å². The number of nitrogens with two attached hydrogens (primary N) is 1. The fourth-order valence-electron chi connectivity index (χ4n) is 1.99. The van der Waals surface area contributed by atoms with Gasteiger partial charge >= 0.3 is 0 Å². The van der Waals surface area contributed by atoms with E-state index in [4.69, 9.17) is 5.73 Å². The zero-order valence-electron chi connectivity index (χ0n) is 8.89. The second kappa shape index (κ2) is 5.66. The summed E-state index contributed by atoms with van der Waals surface area (Å²) >= 11 is 0. The molecule has 2 atom stereocenters. The van der Waals surface area contributed by atoms with Gasteiger partial charge in [0.2, 0.25) is 0 Å². The highest BCUT2D eigenvalue weighted by atomic mass is 16.3. The molecule has 4 N–H and O–H groups in total. The summed E-state index contributed by atoms with van der Waals surface area (Å²) in [5.74, 6) is 0.432. The van der Waals surface area contributed by atoms with Crippen LogP contribution >= 0.6 is 0 Å². The topological polar surface area (TPSA) is 69.7 Å². The maximum absolute atomic E-state index is 9.40. The quantitative estimate of drug-likeness (QED) is 0.569. The molecule has 1 fully saturated rings. The lowest BCUT2D eigenvalue weighted by Gasteiger charge is -2.34. The Morgan fingerprint density at radius 1 is 1.36 bits per heavy atom. The van der Waals surface area contributed by atoms with Gasteiger partial charge in [0.05, 0.1) is 12.2 Å². The van der Waals surface area contributed by atoms with Gasteiger partial charge in [-0.15, -0.1) is 0 Å². The molecule has 4 heteroatoms. The van der Waals surface area contributed by atoms with Crippen LogP contribution < -0.4 is 5.73 Å². The number of likely N-dealkylation sites (tertiary alicyclic amines) is 1. The van der Waals surface area contributed by atoms with E-state index in [1.807, 2.05) is 6.92 Å². The Balaban J connectivity index is 2.22. The Bertz CT molecular complexity index is 156. The van der Waals surface area contributed by atoms with Gasteiger partial charge in [0, 0.05) is 13.1 Å². The Kier molecular flexibility index (Phi) is 4.81. The average Bonchev–Trinajstić information content (AvgIpc) is 2.18. The van der Waals surface area contributed by atoms with E-state index in [1.165, 1.54) is 0 Å². The standard InChI is InChI=1S/C10H22N2O2/c1-8(13)9-2-4-12(5-3-9)7-10(14)6-11/h8-10,13-14H,2-7,11H2,1H3. The van der Waals surface area contributed by atoms with Crippen molar-refractivity contribution in [2.45, 2.75) is 32.0 Å². The van der Waals surface area contributed by atoms with Gasteiger partial charge in [-0.1, -0.05) is 0 Å². The number of piperidine rings is 1. The van der Waals surface area contributed by atoms with Crippen molar-refractivity contribution >= 4 is 0 Å². The third-order valence-electron chi connectivity index (χ3n) is 3.06. The van der Waals surface area contributed by atoms with E-state index in [1.54, 1.807) is 0 Å². The first kappa shape index (κ1) is 11.9.